The molecule has 1 heterocycles. The van der Waals surface area contributed by atoms with Crippen LogP contribution in [-0.2, 0) is 6.42 Å². The minimum Gasteiger partial charge on any atom is -0.271 e. The molecule has 14 heavy (non-hydrogen) atoms. The third-order valence-electron chi connectivity index (χ3n) is 2.91. The summed E-state index contributed by atoms with van der Waals surface area (Å²) in [6.45, 7) is 0. The summed E-state index contributed by atoms with van der Waals surface area (Å²) in [7, 11) is 0. The first-order valence-corrected chi connectivity index (χ1v) is 6.30. The Morgan fingerprint density at radius 3 is 3.00 bits per heavy atom. The van der Waals surface area contributed by atoms with Gasteiger partial charge in [0, 0.05) is 6.04 Å². The molecule has 2 rings (SSSR count). The first-order valence-electron chi connectivity index (χ1n) is 5.35. The molecule has 0 saturated heterocycles. The molecule has 0 radical (unpaired) electrons. The van der Waals surface area contributed by atoms with Gasteiger partial charge >= 0.3 is 0 Å². The smallest absolute Gasteiger partial charge is 0.0216 e. The van der Waals surface area contributed by atoms with Gasteiger partial charge in [0.05, 0.1) is 0 Å². The van der Waals surface area contributed by atoms with E-state index >= 15 is 0 Å². The maximum Gasteiger partial charge on any atom is 0.0216 e. The molecule has 0 amide bonds. The number of nitrogens with two attached hydrogens (primary N) is 1. The van der Waals surface area contributed by atoms with Gasteiger partial charge in [0.1, 0.15) is 0 Å². The van der Waals surface area contributed by atoms with Gasteiger partial charge in [0.15, 0.2) is 0 Å². The lowest BCUT2D eigenvalue weighted by atomic mass is 10.0. The number of nitrogens with one attached hydrogen (secondary N) is 1. The molecule has 0 bridgehead atoms. The van der Waals surface area contributed by atoms with Crippen molar-refractivity contribution in [3.63, 3.8) is 0 Å². The second-order valence-electron chi connectivity index (χ2n) is 4.21. The van der Waals surface area contributed by atoms with E-state index in [-0.39, 0.29) is 0 Å². The van der Waals surface area contributed by atoms with Crippen molar-refractivity contribution in [1.82, 2.24) is 5.43 Å². The van der Waals surface area contributed by atoms with Crippen LogP contribution in [0.1, 0.15) is 31.2 Å². The van der Waals surface area contributed by atoms with Crippen molar-refractivity contribution >= 4 is 11.3 Å². The van der Waals surface area contributed by atoms with Crippen molar-refractivity contribution in [3.05, 3.63) is 22.4 Å². The molecule has 1 atom stereocenters. The molecular formula is C11H18N2S. The van der Waals surface area contributed by atoms with E-state index in [0.29, 0.717) is 6.04 Å². The first-order chi connectivity index (χ1) is 6.88. The Bertz CT molecular complexity index is 254. The molecule has 0 aliphatic heterocycles. The topological polar surface area (TPSA) is 38.0 Å². The van der Waals surface area contributed by atoms with E-state index in [1.165, 1.54) is 31.2 Å². The van der Waals surface area contributed by atoms with Crippen LogP contribution in [-0.4, -0.2) is 6.04 Å². The molecule has 1 fully saturated rings. The van der Waals surface area contributed by atoms with Crippen LogP contribution in [0.2, 0.25) is 0 Å². The largest absolute Gasteiger partial charge is 0.271 e. The van der Waals surface area contributed by atoms with Crippen molar-refractivity contribution in [2.24, 2.45) is 11.8 Å². The van der Waals surface area contributed by atoms with Gasteiger partial charge in [-0.1, -0.05) is 12.8 Å². The summed E-state index contributed by atoms with van der Waals surface area (Å²) in [4.78, 5) is 0. The van der Waals surface area contributed by atoms with Crippen LogP contribution in [0.4, 0.5) is 0 Å². The molecule has 1 aliphatic carbocycles. The Balaban J connectivity index is 1.71. The molecule has 3 N–H and O–H groups in total. The van der Waals surface area contributed by atoms with Gasteiger partial charge in [0.2, 0.25) is 0 Å². The number of rotatable bonds is 6. The summed E-state index contributed by atoms with van der Waals surface area (Å²) in [6.07, 6.45) is 6.42. The zero-order valence-corrected chi connectivity index (χ0v) is 9.22. The summed E-state index contributed by atoms with van der Waals surface area (Å²) < 4.78 is 0. The summed E-state index contributed by atoms with van der Waals surface area (Å²) in [5.74, 6) is 6.50. The van der Waals surface area contributed by atoms with Crippen LogP contribution >= 0.6 is 11.3 Å². The Morgan fingerprint density at radius 1 is 1.57 bits per heavy atom. The van der Waals surface area contributed by atoms with Gasteiger partial charge in [-0.3, -0.25) is 11.3 Å². The summed E-state index contributed by atoms with van der Waals surface area (Å²) in [5.41, 5.74) is 4.39. The number of hydrogen-bond acceptors (Lipinski definition) is 3. The molecule has 0 aromatic carbocycles. The van der Waals surface area contributed by atoms with E-state index in [1.807, 2.05) is 0 Å². The molecule has 1 aliphatic rings. The lowest BCUT2D eigenvalue weighted by molar-refractivity contribution is 0.442. The highest BCUT2D eigenvalue weighted by molar-refractivity contribution is 7.07. The normalized spacial score (nSPS) is 18.4. The average Bonchev–Trinajstić information content (AvgIpc) is 2.86. The van der Waals surface area contributed by atoms with E-state index in [4.69, 9.17) is 5.84 Å². The third kappa shape index (κ3) is 3.08. The SMILES string of the molecule is NNC(CCc1ccsc1)CC1CC1. The van der Waals surface area contributed by atoms with Gasteiger partial charge < -0.3 is 0 Å². The highest BCUT2D eigenvalue weighted by Crippen LogP contribution is 2.34. The quantitative estimate of drug-likeness (QED) is 0.558. The number of aryl methyl sites for hydroxylation is 1. The van der Waals surface area contributed by atoms with Gasteiger partial charge in [-0.15, -0.1) is 0 Å². The fraction of sp³-hybridized carbons (Fsp3) is 0.636. The maximum absolute atomic E-state index is 5.54. The minimum atomic E-state index is 0.516. The zero-order chi connectivity index (χ0) is 9.80. The fourth-order valence-corrected chi connectivity index (χ4v) is 2.50. The Kier molecular flexibility index (Phi) is 3.56. The van der Waals surface area contributed by atoms with Crippen molar-refractivity contribution in [2.75, 3.05) is 0 Å². The predicted octanol–water partition coefficient (Wildman–Crippen LogP) is 2.31. The van der Waals surface area contributed by atoms with E-state index in [1.54, 1.807) is 11.3 Å². The second kappa shape index (κ2) is 4.91. The lowest BCUT2D eigenvalue weighted by Gasteiger charge is -2.14. The van der Waals surface area contributed by atoms with Crippen LogP contribution in [0.15, 0.2) is 16.8 Å². The zero-order valence-electron chi connectivity index (χ0n) is 8.41. The first kappa shape index (κ1) is 10.1. The van der Waals surface area contributed by atoms with Crippen molar-refractivity contribution in [1.29, 1.82) is 0 Å². The molecular weight excluding hydrogens is 192 g/mol. The molecule has 2 nitrogen and oxygen atoms in total. The van der Waals surface area contributed by atoms with Crippen LogP contribution in [0.25, 0.3) is 0 Å². The predicted molar refractivity (Wildman–Crippen MR) is 61.1 cm³/mol. The van der Waals surface area contributed by atoms with Gasteiger partial charge in [-0.05, 0) is 47.6 Å². The van der Waals surface area contributed by atoms with E-state index < -0.39 is 0 Å². The number of thiophene rings is 1. The van der Waals surface area contributed by atoms with Crippen LogP contribution in [0.3, 0.4) is 0 Å². The Morgan fingerprint density at radius 2 is 2.43 bits per heavy atom. The van der Waals surface area contributed by atoms with E-state index in [9.17, 15) is 0 Å². The van der Waals surface area contributed by atoms with Crippen LogP contribution < -0.4 is 11.3 Å². The fourth-order valence-electron chi connectivity index (χ4n) is 1.80. The molecule has 3 heteroatoms. The number of hydrogen-bond donors (Lipinski definition) is 2. The molecule has 1 aromatic heterocycles. The standard InChI is InChI=1S/C11H18N2S/c12-13-11(7-9-1-2-9)4-3-10-5-6-14-8-10/h5-6,8-9,11,13H,1-4,7,12H2. The lowest BCUT2D eigenvalue weighted by Crippen LogP contribution is -2.35. The van der Waals surface area contributed by atoms with Crippen LogP contribution in [0, 0.1) is 5.92 Å². The van der Waals surface area contributed by atoms with Crippen LogP contribution in [0.5, 0.6) is 0 Å². The highest BCUT2D eigenvalue weighted by Gasteiger charge is 2.24. The van der Waals surface area contributed by atoms with Crippen molar-refractivity contribution in [3.8, 4) is 0 Å². The molecule has 78 valence electrons. The van der Waals surface area contributed by atoms with E-state index in [2.05, 4.69) is 22.3 Å². The molecule has 1 unspecified atom stereocenters. The van der Waals surface area contributed by atoms with Gasteiger partial charge in [0.25, 0.3) is 0 Å². The van der Waals surface area contributed by atoms with Crippen molar-refractivity contribution < 1.29 is 0 Å². The minimum absolute atomic E-state index is 0.516. The Hall–Kier alpha value is -0.380. The third-order valence-corrected chi connectivity index (χ3v) is 3.64. The maximum atomic E-state index is 5.54. The average molecular weight is 210 g/mol. The molecule has 1 saturated carbocycles. The molecule has 0 spiro atoms. The summed E-state index contributed by atoms with van der Waals surface area (Å²) >= 11 is 1.77. The van der Waals surface area contributed by atoms with Gasteiger partial charge in [-0.2, -0.15) is 11.3 Å². The van der Waals surface area contributed by atoms with Crippen molar-refractivity contribution in [2.45, 2.75) is 38.1 Å². The van der Waals surface area contributed by atoms with E-state index in [0.717, 1.165) is 12.3 Å². The Labute approximate surface area is 89.5 Å². The van der Waals surface area contributed by atoms with Gasteiger partial charge in [-0.25, -0.2) is 0 Å². The number of hydrazine groups is 1. The molecule has 1 aromatic rings. The highest BCUT2D eigenvalue weighted by atomic mass is 32.1. The summed E-state index contributed by atoms with van der Waals surface area (Å²) in [5, 5.41) is 4.37. The summed E-state index contributed by atoms with van der Waals surface area (Å²) in [6, 6.07) is 2.72. The monoisotopic (exact) mass is 210 g/mol. The second-order valence-corrected chi connectivity index (χ2v) is 4.99.